The predicted molar refractivity (Wildman–Crippen MR) is 159 cm³/mol. The first-order valence-corrected chi connectivity index (χ1v) is 16.6. The summed E-state index contributed by atoms with van der Waals surface area (Å²) >= 11 is 1.76. The minimum atomic E-state index is -4.52. The number of aliphatic hydroxyl groups excluding tert-OH is 2. The number of thioether (sulfide) groups is 1. The Labute approximate surface area is 258 Å². The van der Waals surface area contributed by atoms with Crippen LogP contribution >= 0.6 is 11.8 Å². The van der Waals surface area contributed by atoms with E-state index in [1.165, 1.54) is 10.9 Å². The molecule has 18 heteroatoms. The second kappa shape index (κ2) is 12.7. The zero-order chi connectivity index (χ0) is 31.8. The molecule has 0 aromatic carbocycles. The van der Waals surface area contributed by atoms with Crippen molar-refractivity contribution in [3.63, 3.8) is 0 Å². The minimum absolute atomic E-state index is 0.0389. The fraction of sp³-hybridized carbons (Fsp3) is 0.654. The number of imidazole rings is 1. The number of amides is 3. The summed E-state index contributed by atoms with van der Waals surface area (Å²) in [5.41, 5.74) is 6.15. The lowest BCUT2D eigenvalue weighted by Gasteiger charge is -2.17. The number of hydrogen-bond donors (Lipinski definition) is 6. The monoisotopic (exact) mass is 652 g/mol. The van der Waals surface area contributed by atoms with Crippen molar-refractivity contribution in [2.45, 2.75) is 88.3 Å². The highest BCUT2D eigenvalue weighted by atomic mass is 32.2. The number of carbonyl (C=O) groups is 2. The maximum Gasteiger partial charge on any atom is 0.362 e. The molecule has 0 aliphatic carbocycles. The highest BCUT2D eigenvalue weighted by Gasteiger charge is 2.45. The van der Waals surface area contributed by atoms with Crippen LogP contribution in [0.2, 0.25) is 0 Å². The topological polar surface area (TPSA) is 233 Å². The van der Waals surface area contributed by atoms with Crippen LogP contribution < -0.4 is 21.1 Å². The SMILES string of the molecule is CC(C)(C)C#Cc1nc(N)c2ncn([C@@H]3O[C@H](COS(=O)(=O)NC(=O)CCCC[C@@H]4SC[C@@H]5NC(=O)N[C@@H]54)[C@@H](O)[C@H]3O)c2n1. The Balaban J connectivity index is 1.13. The van der Waals surface area contributed by atoms with Crippen LogP contribution in [0.25, 0.3) is 11.2 Å². The Kier molecular flexibility index (Phi) is 9.26. The number of hydrogen-bond acceptors (Lipinski definition) is 13. The maximum absolute atomic E-state index is 12.4. The van der Waals surface area contributed by atoms with Gasteiger partial charge in [-0.3, -0.25) is 13.5 Å². The molecule has 2 aromatic heterocycles. The quantitative estimate of drug-likeness (QED) is 0.108. The van der Waals surface area contributed by atoms with Gasteiger partial charge in [0.25, 0.3) is 0 Å². The summed E-state index contributed by atoms with van der Waals surface area (Å²) in [6, 6.07) is 0.00636. The van der Waals surface area contributed by atoms with E-state index >= 15 is 0 Å². The lowest BCUT2D eigenvalue weighted by atomic mass is 9.98. The lowest BCUT2D eigenvalue weighted by Crippen LogP contribution is -2.38. The van der Waals surface area contributed by atoms with Crippen LogP contribution in [-0.4, -0.2) is 98.1 Å². The molecule has 16 nitrogen and oxygen atoms in total. The molecule has 3 saturated heterocycles. The number of urea groups is 1. The first-order chi connectivity index (χ1) is 20.7. The van der Waals surface area contributed by atoms with Crippen LogP contribution in [0.15, 0.2) is 6.33 Å². The van der Waals surface area contributed by atoms with E-state index in [1.807, 2.05) is 25.5 Å². The summed E-state index contributed by atoms with van der Waals surface area (Å²) in [5, 5.41) is 27.3. The number of aromatic nitrogens is 4. The number of carbonyl (C=O) groups excluding carboxylic acids is 2. The summed E-state index contributed by atoms with van der Waals surface area (Å²) in [4.78, 5) is 36.5. The molecule has 240 valence electrons. The van der Waals surface area contributed by atoms with E-state index in [4.69, 9.17) is 14.7 Å². The number of nitrogens with two attached hydrogens (primary N) is 1. The lowest BCUT2D eigenvalue weighted by molar-refractivity contribution is -0.119. The Morgan fingerprint density at radius 3 is 2.80 bits per heavy atom. The van der Waals surface area contributed by atoms with Gasteiger partial charge < -0.3 is 31.3 Å². The molecule has 3 amide bonds. The van der Waals surface area contributed by atoms with Gasteiger partial charge in [0.05, 0.1) is 25.0 Å². The third-order valence-electron chi connectivity index (χ3n) is 7.32. The average molecular weight is 653 g/mol. The van der Waals surface area contributed by atoms with E-state index in [0.717, 1.165) is 12.2 Å². The summed E-state index contributed by atoms with van der Waals surface area (Å²) < 4.78 is 38.7. The number of unbranched alkanes of at least 4 members (excludes halogenated alkanes) is 1. The van der Waals surface area contributed by atoms with Crippen LogP contribution in [0.4, 0.5) is 10.6 Å². The van der Waals surface area contributed by atoms with Crippen molar-refractivity contribution in [3.8, 4) is 11.8 Å². The van der Waals surface area contributed by atoms with Gasteiger partial charge in [0.2, 0.25) is 11.7 Å². The predicted octanol–water partition coefficient (Wildman–Crippen LogP) is -0.471. The number of aliphatic hydroxyl groups is 2. The number of ether oxygens (including phenoxy) is 1. The van der Waals surface area contributed by atoms with Gasteiger partial charge >= 0.3 is 16.3 Å². The summed E-state index contributed by atoms with van der Waals surface area (Å²) in [6.45, 7) is 5.09. The second-order valence-corrected chi connectivity index (χ2v) is 14.6. The molecular formula is C26H36N8O8S2. The largest absolute Gasteiger partial charge is 0.387 e. The van der Waals surface area contributed by atoms with Gasteiger partial charge in [-0.25, -0.2) is 24.5 Å². The van der Waals surface area contributed by atoms with Crippen molar-refractivity contribution < 1.29 is 37.1 Å². The molecule has 0 unspecified atom stereocenters. The zero-order valence-corrected chi connectivity index (χ0v) is 26.0. The van der Waals surface area contributed by atoms with Crippen molar-refractivity contribution in [1.82, 2.24) is 34.9 Å². The third kappa shape index (κ3) is 7.35. The third-order valence-corrected chi connectivity index (χ3v) is 9.75. The molecule has 7 N–H and O–H groups in total. The van der Waals surface area contributed by atoms with E-state index in [2.05, 4.69) is 37.4 Å². The molecule has 0 spiro atoms. The number of nitrogens with one attached hydrogen (secondary N) is 3. The number of rotatable bonds is 10. The number of nitrogen functional groups attached to an aromatic ring is 1. The van der Waals surface area contributed by atoms with Crippen LogP contribution in [0, 0.1) is 17.3 Å². The maximum atomic E-state index is 12.4. The number of fused-ring (bicyclic) bond motifs is 2. The van der Waals surface area contributed by atoms with E-state index in [9.17, 15) is 28.2 Å². The van der Waals surface area contributed by atoms with E-state index < -0.39 is 47.4 Å². The van der Waals surface area contributed by atoms with Gasteiger partial charge in [-0.15, -0.1) is 0 Å². The molecule has 0 bridgehead atoms. The molecule has 3 aliphatic rings. The van der Waals surface area contributed by atoms with Crippen molar-refractivity contribution >= 4 is 51.0 Å². The zero-order valence-electron chi connectivity index (χ0n) is 24.4. The fourth-order valence-electron chi connectivity index (χ4n) is 5.17. The Bertz CT molecular complexity index is 1580. The normalized spacial score (nSPS) is 28.3. The van der Waals surface area contributed by atoms with Crippen molar-refractivity contribution in [2.24, 2.45) is 5.41 Å². The molecule has 0 radical (unpaired) electrons. The first-order valence-electron chi connectivity index (χ1n) is 14.1. The van der Waals surface area contributed by atoms with Crippen molar-refractivity contribution in [1.29, 1.82) is 0 Å². The summed E-state index contributed by atoms with van der Waals surface area (Å²) in [7, 11) is -4.52. The van der Waals surface area contributed by atoms with Gasteiger partial charge in [0.1, 0.15) is 23.8 Å². The Morgan fingerprint density at radius 2 is 2.05 bits per heavy atom. The number of anilines is 1. The standard InChI is InChI=1S/C26H36N8O8S2/c1-26(2,3)9-8-16-30-22(27)19-23(31-16)34(12-28-19)24-21(37)20(36)14(42-24)10-41-44(39,40)33-17(35)7-5-4-6-15-18-13(11-43-15)29-25(38)32-18/h12-15,18,20-21,24,36-37H,4-7,10-11H2,1-3H3,(H,33,35)(H2,27,30,31)(H2,29,32,38)/t13-,14+,15-,18-,20+,21+,24+/m0/s1. The van der Waals surface area contributed by atoms with Gasteiger partial charge in [0.15, 0.2) is 17.7 Å². The van der Waals surface area contributed by atoms with Gasteiger partial charge in [-0.1, -0.05) is 12.3 Å². The molecule has 5 rings (SSSR count). The smallest absolute Gasteiger partial charge is 0.362 e. The molecule has 5 heterocycles. The molecule has 44 heavy (non-hydrogen) atoms. The second-order valence-electron chi connectivity index (χ2n) is 11.9. The fourth-order valence-corrected chi connectivity index (χ4v) is 7.47. The first kappa shape index (κ1) is 32.2. The van der Waals surface area contributed by atoms with Gasteiger partial charge in [-0.2, -0.15) is 20.2 Å². The molecule has 0 saturated carbocycles. The average Bonchev–Trinajstić information content (AvgIpc) is 3.68. The van der Waals surface area contributed by atoms with Gasteiger partial charge in [-0.05, 0) is 39.5 Å². The van der Waals surface area contributed by atoms with Crippen LogP contribution in [0.3, 0.4) is 0 Å². The molecular weight excluding hydrogens is 616 g/mol. The number of nitrogens with zero attached hydrogens (tertiary/aromatic N) is 4. The Hall–Kier alpha value is -3.21. The highest BCUT2D eigenvalue weighted by molar-refractivity contribution is 8.00. The van der Waals surface area contributed by atoms with E-state index in [0.29, 0.717) is 12.8 Å². The Morgan fingerprint density at radius 1 is 1.27 bits per heavy atom. The summed E-state index contributed by atoms with van der Waals surface area (Å²) in [6.07, 6.45) is -2.33. The van der Waals surface area contributed by atoms with Crippen molar-refractivity contribution in [3.05, 3.63) is 12.2 Å². The molecule has 3 fully saturated rings. The van der Waals surface area contributed by atoms with E-state index in [1.54, 1.807) is 11.8 Å². The van der Waals surface area contributed by atoms with E-state index in [-0.39, 0.29) is 58.0 Å². The molecule has 3 aliphatic heterocycles. The minimum Gasteiger partial charge on any atom is -0.387 e. The van der Waals surface area contributed by atoms with Crippen LogP contribution in [0.1, 0.15) is 58.5 Å². The van der Waals surface area contributed by atoms with Crippen LogP contribution in [-0.2, 0) is 24.0 Å². The van der Waals surface area contributed by atoms with Gasteiger partial charge in [0, 0.05) is 22.8 Å². The molecule has 2 aromatic rings. The highest BCUT2D eigenvalue weighted by Crippen LogP contribution is 2.34. The van der Waals surface area contributed by atoms with Crippen LogP contribution in [0.5, 0.6) is 0 Å². The summed E-state index contributed by atoms with van der Waals surface area (Å²) in [5.74, 6) is 6.16. The molecule has 7 atom stereocenters. The van der Waals surface area contributed by atoms with Crippen molar-refractivity contribution in [2.75, 3.05) is 18.1 Å².